The molecule has 26 heavy (non-hydrogen) atoms. The van der Waals surface area contributed by atoms with E-state index in [9.17, 15) is 9.90 Å². The van der Waals surface area contributed by atoms with Crippen LogP contribution in [0.25, 0.3) is 11.0 Å². The molecule has 4 rings (SSSR count). The van der Waals surface area contributed by atoms with E-state index in [0.717, 1.165) is 30.7 Å². The molecule has 2 aliphatic rings. The van der Waals surface area contributed by atoms with Crippen LogP contribution in [-0.2, 0) is 4.74 Å². The summed E-state index contributed by atoms with van der Waals surface area (Å²) in [6, 6.07) is 7.64. The standard InChI is InChI=1S/C19H25N3O4/c1-13-10-14-4-2-5-15(18(14)26-13)20-19(24)22-7-3-6-21(8-9-22)16-11-25-12-17(16)23/h2,4-5,10,16-17,23H,3,6-9,11-12H2,1H3,(H,20,24)/t16-,17-/m1/s1. The maximum absolute atomic E-state index is 12.7. The molecule has 2 saturated heterocycles. The van der Waals surface area contributed by atoms with Crippen molar-refractivity contribution in [3.05, 3.63) is 30.0 Å². The topological polar surface area (TPSA) is 78.2 Å². The third kappa shape index (κ3) is 3.42. The maximum atomic E-state index is 12.7. The molecule has 2 aliphatic heterocycles. The first-order valence-corrected chi connectivity index (χ1v) is 9.17. The summed E-state index contributed by atoms with van der Waals surface area (Å²) >= 11 is 0. The SMILES string of the molecule is Cc1cc2cccc(NC(=O)N3CCCN([C@@H]4COC[C@H]4O)CC3)c2o1. The number of nitrogens with one attached hydrogen (secondary N) is 1. The number of ether oxygens (including phenoxy) is 1. The Morgan fingerprint density at radius 2 is 2.12 bits per heavy atom. The minimum absolute atomic E-state index is 0.0397. The van der Waals surface area contributed by atoms with Crippen molar-refractivity contribution in [3.63, 3.8) is 0 Å². The summed E-state index contributed by atoms with van der Waals surface area (Å²) in [4.78, 5) is 16.8. The number of carbonyl (C=O) groups excluding carboxylic acids is 1. The quantitative estimate of drug-likeness (QED) is 0.858. The van der Waals surface area contributed by atoms with Crippen LogP contribution in [0, 0.1) is 6.92 Å². The molecule has 7 heteroatoms. The minimum Gasteiger partial charge on any atom is -0.459 e. The van der Waals surface area contributed by atoms with E-state index in [1.54, 1.807) is 0 Å². The molecule has 7 nitrogen and oxygen atoms in total. The zero-order chi connectivity index (χ0) is 18.1. The highest BCUT2D eigenvalue weighted by molar-refractivity contribution is 5.99. The number of anilines is 1. The van der Waals surface area contributed by atoms with Gasteiger partial charge in [0.15, 0.2) is 5.58 Å². The van der Waals surface area contributed by atoms with E-state index in [1.165, 1.54) is 0 Å². The molecule has 1 aromatic heterocycles. The van der Waals surface area contributed by atoms with E-state index in [1.807, 2.05) is 36.1 Å². The fraction of sp³-hybridized carbons (Fsp3) is 0.526. The first-order chi connectivity index (χ1) is 12.6. The van der Waals surface area contributed by atoms with Crippen LogP contribution in [-0.4, -0.2) is 72.5 Å². The molecule has 2 fully saturated rings. The van der Waals surface area contributed by atoms with Crippen LogP contribution in [0.1, 0.15) is 12.2 Å². The maximum Gasteiger partial charge on any atom is 0.321 e. The van der Waals surface area contributed by atoms with E-state index < -0.39 is 6.10 Å². The Kier molecular flexibility index (Phi) is 4.84. The lowest BCUT2D eigenvalue weighted by Crippen LogP contribution is -2.45. The van der Waals surface area contributed by atoms with Crippen molar-refractivity contribution in [1.29, 1.82) is 0 Å². The van der Waals surface area contributed by atoms with Gasteiger partial charge in [-0.3, -0.25) is 4.90 Å². The fourth-order valence-electron chi connectivity index (χ4n) is 3.84. The molecule has 1 aromatic carbocycles. The molecule has 0 spiro atoms. The number of benzene rings is 1. The third-order valence-corrected chi connectivity index (χ3v) is 5.22. The summed E-state index contributed by atoms with van der Waals surface area (Å²) in [5.41, 5.74) is 1.40. The highest BCUT2D eigenvalue weighted by atomic mass is 16.5. The molecule has 0 unspecified atom stereocenters. The Balaban J connectivity index is 1.42. The summed E-state index contributed by atoms with van der Waals surface area (Å²) in [5, 5.41) is 14.0. The van der Waals surface area contributed by atoms with Gasteiger partial charge in [-0.1, -0.05) is 12.1 Å². The number of hydrogen-bond acceptors (Lipinski definition) is 5. The largest absolute Gasteiger partial charge is 0.459 e. The summed E-state index contributed by atoms with van der Waals surface area (Å²) < 4.78 is 11.1. The number of urea groups is 1. The van der Waals surface area contributed by atoms with Crippen LogP contribution in [0.2, 0.25) is 0 Å². The van der Waals surface area contributed by atoms with Gasteiger partial charge in [0.25, 0.3) is 0 Å². The third-order valence-electron chi connectivity index (χ3n) is 5.22. The van der Waals surface area contributed by atoms with E-state index in [4.69, 9.17) is 9.15 Å². The van der Waals surface area contributed by atoms with Gasteiger partial charge in [0, 0.05) is 31.6 Å². The highest BCUT2D eigenvalue weighted by Crippen LogP contribution is 2.27. The van der Waals surface area contributed by atoms with Crippen molar-refractivity contribution in [2.24, 2.45) is 0 Å². The van der Waals surface area contributed by atoms with Crippen molar-refractivity contribution in [3.8, 4) is 0 Å². The molecular formula is C19H25N3O4. The number of hydrogen-bond donors (Lipinski definition) is 2. The average Bonchev–Trinajstić information content (AvgIpc) is 3.12. The number of furan rings is 1. The predicted molar refractivity (Wildman–Crippen MR) is 98.3 cm³/mol. The molecule has 2 aromatic rings. The number of fused-ring (bicyclic) bond motifs is 1. The molecule has 140 valence electrons. The monoisotopic (exact) mass is 359 g/mol. The Morgan fingerprint density at radius 1 is 1.23 bits per heavy atom. The van der Waals surface area contributed by atoms with E-state index in [2.05, 4.69) is 10.2 Å². The number of para-hydroxylation sites is 1. The normalized spacial score (nSPS) is 24.8. The molecular weight excluding hydrogens is 334 g/mol. The number of amides is 2. The lowest BCUT2D eigenvalue weighted by atomic mass is 10.2. The van der Waals surface area contributed by atoms with Gasteiger partial charge in [-0.25, -0.2) is 4.79 Å². The van der Waals surface area contributed by atoms with Gasteiger partial charge in [-0.15, -0.1) is 0 Å². The lowest BCUT2D eigenvalue weighted by Gasteiger charge is -2.28. The Morgan fingerprint density at radius 3 is 2.92 bits per heavy atom. The van der Waals surface area contributed by atoms with Gasteiger partial charge >= 0.3 is 6.03 Å². The van der Waals surface area contributed by atoms with Gasteiger partial charge in [0.2, 0.25) is 0 Å². The first kappa shape index (κ1) is 17.3. The molecule has 0 saturated carbocycles. The van der Waals surface area contributed by atoms with Crippen molar-refractivity contribution < 1.29 is 19.1 Å². The van der Waals surface area contributed by atoms with Gasteiger partial charge in [-0.2, -0.15) is 0 Å². The summed E-state index contributed by atoms with van der Waals surface area (Å²) in [6.45, 7) is 5.78. The molecule has 2 atom stereocenters. The van der Waals surface area contributed by atoms with E-state index in [0.29, 0.717) is 37.6 Å². The summed E-state index contributed by atoms with van der Waals surface area (Å²) in [6.07, 6.45) is 0.441. The van der Waals surface area contributed by atoms with Gasteiger partial charge < -0.3 is 24.5 Å². The smallest absolute Gasteiger partial charge is 0.321 e. The van der Waals surface area contributed by atoms with Gasteiger partial charge in [0.05, 0.1) is 31.0 Å². The number of carbonyl (C=O) groups is 1. The molecule has 2 N–H and O–H groups in total. The molecule has 0 bridgehead atoms. The van der Waals surface area contributed by atoms with Gasteiger partial charge in [-0.05, 0) is 25.5 Å². The molecule has 2 amide bonds. The Labute approximate surface area is 152 Å². The van der Waals surface area contributed by atoms with E-state index in [-0.39, 0.29) is 12.1 Å². The number of aliphatic hydroxyl groups is 1. The second-order valence-electron chi connectivity index (χ2n) is 7.06. The lowest BCUT2D eigenvalue weighted by molar-refractivity contribution is 0.0845. The van der Waals surface area contributed by atoms with Crippen molar-refractivity contribution in [2.75, 3.05) is 44.7 Å². The number of rotatable bonds is 2. The summed E-state index contributed by atoms with van der Waals surface area (Å²) in [7, 11) is 0. The van der Waals surface area contributed by atoms with E-state index >= 15 is 0 Å². The zero-order valence-electron chi connectivity index (χ0n) is 15.0. The van der Waals surface area contributed by atoms with Crippen molar-refractivity contribution >= 4 is 22.7 Å². The predicted octanol–water partition coefficient (Wildman–Crippen LogP) is 2.04. The second kappa shape index (κ2) is 7.26. The second-order valence-corrected chi connectivity index (χ2v) is 7.06. The zero-order valence-corrected chi connectivity index (χ0v) is 15.0. The number of aliphatic hydroxyl groups excluding tert-OH is 1. The van der Waals surface area contributed by atoms with Crippen LogP contribution in [0.4, 0.5) is 10.5 Å². The summed E-state index contributed by atoms with van der Waals surface area (Å²) in [5.74, 6) is 0.824. The van der Waals surface area contributed by atoms with Crippen molar-refractivity contribution in [1.82, 2.24) is 9.80 Å². The number of nitrogens with zero attached hydrogens (tertiary/aromatic N) is 2. The van der Waals surface area contributed by atoms with Crippen LogP contribution < -0.4 is 5.32 Å². The van der Waals surface area contributed by atoms with Crippen LogP contribution in [0.5, 0.6) is 0 Å². The van der Waals surface area contributed by atoms with Crippen LogP contribution in [0.15, 0.2) is 28.7 Å². The first-order valence-electron chi connectivity index (χ1n) is 9.17. The fourth-order valence-corrected chi connectivity index (χ4v) is 3.84. The molecule has 0 aliphatic carbocycles. The Hall–Kier alpha value is -2.09. The van der Waals surface area contributed by atoms with Crippen LogP contribution >= 0.6 is 0 Å². The molecule has 0 radical (unpaired) electrons. The highest BCUT2D eigenvalue weighted by Gasteiger charge is 2.33. The Bertz CT molecular complexity index is 790. The van der Waals surface area contributed by atoms with Crippen molar-refractivity contribution in [2.45, 2.75) is 25.5 Å². The molecule has 3 heterocycles. The number of aryl methyl sites for hydroxylation is 1. The van der Waals surface area contributed by atoms with Crippen LogP contribution in [0.3, 0.4) is 0 Å². The average molecular weight is 359 g/mol. The van der Waals surface area contributed by atoms with Gasteiger partial charge in [0.1, 0.15) is 5.76 Å². The minimum atomic E-state index is -0.435.